The highest BCUT2D eigenvalue weighted by Gasteiger charge is 2.03. The Hall–Kier alpha value is -1.03. The van der Waals surface area contributed by atoms with E-state index in [1.807, 2.05) is 30.3 Å². The van der Waals surface area contributed by atoms with E-state index in [2.05, 4.69) is 15.9 Å². The second-order valence-electron chi connectivity index (χ2n) is 5.65. The van der Waals surface area contributed by atoms with Crippen LogP contribution >= 0.6 is 15.9 Å². The van der Waals surface area contributed by atoms with Crippen LogP contribution in [0.1, 0.15) is 12.0 Å². The number of esters is 1. The highest BCUT2D eigenvalue weighted by Crippen LogP contribution is 2.01. The number of carbonyl (C=O) groups excluding carboxylic acids is 1. The normalized spacial score (nSPS) is 10.9. The zero-order valence-corrected chi connectivity index (χ0v) is 17.9. The van der Waals surface area contributed by atoms with Crippen LogP contribution in [-0.4, -0.2) is 77.4 Å². The molecule has 7 nitrogen and oxygen atoms in total. The third kappa shape index (κ3) is 16.0. The third-order valence-corrected chi connectivity index (χ3v) is 3.73. The average Bonchev–Trinajstić information content (AvgIpc) is 2.72. The fraction of sp³-hybridized carbons (Fsp3) is 0.650. The van der Waals surface area contributed by atoms with Gasteiger partial charge in [-0.15, -0.1) is 0 Å². The van der Waals surface area contributed by atoms with Crippen molar-refractivity contribution in [3.05, 3.63) is 35.9 Å². The first-order valence-electron chi connectivity index (χ1n) is 9.47. The Morgan fingerprint density at radius 2 is 1.14 bits per heavy atom. The van der Waals surface area contributed by atoms with Crippen LogP contribution in [0.4, 0.5) is 0 Å². The van der Waals surface area contributed by atoms with Crippen LogP contribution in [0.5, 0.6) is 0 Å². The third-order valence-electron chi connectivity index (χ3n) is 3.40. The predicted molar refractivity (Wildman–Crippen MR) is 109 cm³/mol. The lowest BCUT2D eigenvalue weighted by Crippen LogP contribution is -2.14. The van der Waals surface area contributed by atoms with E-state index in [-0.39, 0.29) is 12.4 Å². The summed E-state index contributed by atoms with van der Waals surface area (Å²) in [5.41, 5.74) is 0.971. The summed E-state index contributed by atoms with van der Waals surface area (Å²) in [5, 5.41) is 0.836. The first-order chi connectivity index (χ1) is 13.8. The number of benzene rings is 1. The Balaban J connectivity index is 1.75. The number of hydrogen-bond donors (Lipinski definition) is 0. The lowest BCUT2D eigenvalue weighted by molar-refractivity contribution is -0.146. The quantitative estimate of drug-likeness (QED) is 0.177. The summed E-state index contributed by atoms with van der Waals surface area (Å²) in [6.45, 7) is 5.45. The minimum Gasteiger partial charge on any atom is -0.461 e. The Bertz CT molecular complexity index is 473. The van der Waals surface area contributed by atoms with Gasteiger partial charge >= 0.3 is 5.97 Å². The van der Waals surface area contributed by atoms with Crippen LogP contribution in [0.2, 0.25) is 0 Å². The maximum atomic E-state index is 11.6. The minimum atomic E-state index is -0.268. The first kappa shape index (κ1) is 25.0. The van der Waals surface area contributed by atoms with Gasteiger partial charge in [0.25, 0.3) is 0 Å². The van der Waals surface area contributed by atoms with Gasteiger partial charge in [0.15, 0.2) is 0 Å². The average molecular weight is 463 g/mol. The Morgan fingerprint density at radius 3 is 1.64 bits per heavy atom. The van der Waals surface area contributed by atoms with E-state index in [0.29, 0.717) is 72.7 Å². The van der Waals surface area contributed by atoms with Crippen molar-refractivity contribution in [1.82, 2.24) is 0 Å². The molecule has 8 heteroatoms. The molecule has 0 aliphatic carbocycles. The molecule has 1 aromatic carbocycles. The first-order valence-corrected chi connectivity index (χ1v) is 10.6. The molecule has 0 radical (unpaired) electrons. The van der Waals surface area contributed by atoms with Gasteiger partial charge in [0, 0.05) is 5.33 Å². The molecule has 0 aliphatic heterocycles. The van der Waals surface area contributed by atoms with Crippen molar-refractivity contribution in [1.29, 1.82) is 0 Å². The number of carbonyl (C=O) groups is 1. The highest BCUT2D eigenvalue weighted by atomic mass is 79.9. The molecule has 0 saturated carbocycles. The number of ether oxygens (including phenoxy) is 6. The Morgan fingerprint density at radius 1 is 0.679 bits per heavy atom. The van der Waals surface area contributed by atoms with Gasteiger partial charge in [-0.25, -0.2) is 0 Å². The van der Waals surface area contributed by atoms with Gasteiger partial charge in [0.2, 0.25) is 0 Å². The largest absolute Gasteiger partial charge is 0.461 e. The molecule has 1 aromatic rings. The van der Waals surface area contributed by atoms with Gasteiger partial charge in [-0.3, -0.25) is 4.79 Å². The zero-order chi connectivity index (χ0) is 20.1. The molecule has 0 fully saturated rings. The fourth-order valence-electron chi connectivity index (χ4n) is 2.00. The summed E-state index contributed by atoms with van der Waals surface area (Å²) < 4.78 is 31.9. The van der Waals surface area contributed by atoms with E-state index in [0.717, 1.165) is 10.9 Å². The number of rotatable bonds is 19. The molecule has 0 amide bonds. The number of hydrogen-bond acceptors (Lipinski definition) is 7. The van der Waals surface area contributed by atoms with E-state index < -0.39 is 0 Å². The van der Waals surface area contributed by atoms with Gasteiger partial charge in [0.05, 0.1) is 72.5 Å². The zero-order valence-electron chi connectivity index (χ0n) is 16.3. The van der Waals surface area contributed by atoms with Crippen LogP contribution in [0.3, 0.4) is 0 Å². The SMILES string of the molecule is O=C(CCOCCOCCOCCOCCOCCBr)OCc1ccccc1. The second kappa shape index (κ2) is 19.3. The van der Waals surface area contributed by atoms with E-state index in [4.69, 9.17) is 28.4 Å². The van der Waals surface area contributed by atoms with Crippen molar-refractivity contribution in [2.45, 2.75) is 13.0 Å². The summed E-state index contributed by atoms with van der Waals surface area (Å²) in [5.74, 6) is -0.268. The van der Waals surface area contributed by atoms with Gasteiger partial charge in [-0.1, -0.05) is 46.3 Å². The monoisotopic (exact) mass is 462 g/mol. The molecule has 0 unspecified atom stereocenters. The molecule has 1 rings (SSSR count). The van der Waals surface area contributed by atoms with Crippen LogP contribution in [-0.2, 0) is 39.8 Å². The van der Waals surface area contributed by atoms with Crippen molar-refractivity contribution in [2.24, 2.45) is 0 Å². The van der Waals surface area contributed by atoms with Gasteiger partial charge in [0.1, 0.15) is 6.61 Å². The molecule has 0 aliphatic rings. The second-order valence-corrected chi connectivity index (χ2v) is 6.44. The highest BCUT2D eigenvalue weighted by molar-refractivity contribution is 9.09. The molecule has 0 aromatic heterocycles. The molecular weight excluding hydrogens is 432 g/mol. The van der Waals surface area contributed by atoms with Gasteiger partial charge < -0.3 is 28.4 Å². The van der Waals surface area contributed by atoms with E-state index in [1.165, 1.54) is 0 Å². The molecule has 0 N–H and O–H groups in total. The topological polar surface area (TPSA) is 72.5 Å². The standard InChI is InChI=1S/C20H31BrO7/c21-7-9-24-11-13-26-15-17-27-16-14-25-12-10-23-8-6-20(22)28-18-19-4-2-1-3-5-19/h1-5H,6-18H2. The smallest absolute Gasteiger partial charge is 0.308 e. The molecule has 0 bridgehead atoms. The van der Waals surface area contributed by atoms with Crippen LogP contribution in [0, 0.1) is 0 Å². The van der Waals surface area contributed by atoms with Crippen molar-refractivity contribution in [3.8, 4) is 0 Å². The maximum absolute atomic E-state index is 11.6. The maximum Gasteiger partial charge on any atom is 0.308 e. The van der Waals surface area contributed by atoms with Crippen molar-refractivity contribution in [2.75, 3.05) is 71.4 Å². The lowest BCUT2D eigenvalue weighted by atomic mass is 10.2. The van der Waals surface area contributed by atoms with Gasteiger partial charge in [-0.2, -0.15) is 0 Å². The molecule has 160 valence electrons. The molecular formula is C20H31BrO7. The summed E-state index contributed by atoms with van der Waals surface area (Å²) in [6, 6.07) is 9.58. The van der Waals surface area contributed by atoms with Crippen molar-refractivity contribution >= 4 is 21.9 Å². The minimum absolute atomic E-state index is 0.233. The summed E-state index contributed by atoms with van der Waals surface area (Å²) in [7, 11) is 0. The van der Waals surface area contributed by atoms with E-state index >= 15 is 0 Å². The number of alkyl halides is 1. The van der Waals surface area contributed by atoms with Crippen molar-refractivity contribution in [3.63, 3.8) is 0 Å². The lowest BCUT2D eigenvalue weighted by Gasteiger charge is -2.08. The van der Waals surface area contributed by atoms with E-state index in [1.54, 1.807) is 0 Å². The fourth-order valence-corrected chi connectivity index (χ4v) is 2.23. The Kier molecular flexibility index (Phi) is 17.2. The molecule has 0 atom stereocenters. The van der Waals surface area contributed by atoms with Crippen molar-refractivity contribution < 1.29 is 33.2 Å². The summed E-state index contributed by atoms with van der Waals surface area (Å²) >= 11 is 3.29. The number of halogens is 1. The van der Waals surface area contributed by atoms with Crippen LogP contribution in [0.25, 0.3) is 0 Å². The summed E-state index contributed by atoms with van der Waals surface area (Å²) in [4.78, 5) is 11.6. The van der Waals surface area contributed by atoms with Crippen LogP contribution < -0.4 is 0 Å². The molecule has 0 heterocycles. The molecule has 28 heavy (non-hydrogen) atoms. The molecule has 0 saturated heterocycles. The predicted octanol–water partition coefficient (Wildman–Crippen LogP) is 2.60. The van der Waals surface area contributed by atoms with Gasteiger partial charge in [-0.05, 0) is 5.56 Å². The Labute approximate surface area is 175 Å². The summed E-state index contributed by atoms with van der Waals surface area (Å²) in [6.07, 6.45) is 0.233. The van der Waals surface area contributed by atoms with E-state index in [9.17, 15) is 4.79 Å². The van der Waals surface area contributed by atoms with Crippen LogP contribution in [0.15, 0.2) is 30.3 Å². The molecule has 0 spiro atoms.